The largest absolute Gasteiger partial charge is 0.443 e. The Morgan fingerprint density at radius 1 is 1.14 bits per heavy atom. The third-order valence-electron chi connectivity index (χ3n) is 2.84. The van der Waals surface area contributed by atoms with Crippen LogP contribution in [0.5, 0.6) is 0 Å². The Morgan fingerprint density at radius 2 is 1.90 bits per heavy atom. The van der Waals surface area contributed by atoms with E-state index < -0.39 is 0 Å². The Kier molecular flexibility index (Phi) is 3.66. The van der Waals surface area contributed by atoms with Gasteiger partial charge in [-0.05, 0) is 24.3 Å². The van der Waals surface area contributed by atoms with Gasteiger partial charge in [-0.1, -0.05) is 23.7 Å². The van der Waals surface area contributed by atoms with Gasteiger partial charge in [0, 0.05) is 23.6 Å². The van der Waals surface area contributed by atoms with Crippen molar-refractivity contribution >= 4 is 23.2 Å². The van der Waals surface area contributed by atoms with E-state index in [2.05, 4.69) is 15.3 Å². The number of aromatic nitrogens is 2. The summed E-state index contributed by atoms with van der Waals surface area (Å²) < 4.78 is 5.32. The van der Waals surface area contributed by atoms with Gasteiger partial charge in [-0.15, -0.1) is 0 Å². The summed E-state index contributed by atoms with van der Waals surface area (Å²) in [5, 5.41) is 3.22. The van der Waals surface area contributed by atoms with Crippen molar-refractivity contribution in [2.75, 3.05) is 5.32 Å². The normalized spacial score (nSPS) is 10.3. The van der Waals surface area contributed by atoms with Gasteiger partial charge in [0.25, 0.3) is 5.91 Å². The standard InChI is InChI=1S/C15H10ClN3O2/c16-12-4-2-1-3-11(12)14-13(18-9-21-14)15(20)19-10-5-7-17-8-6-10/h1-9H,(H,17,19,20). The highest BCUT2D eigenvalue weighted by atomic mass is 35.5. The number of amides is 1. The summed E-state index contributed by atoms with van der Waals surface area (Å²) in [5.74, 6) is -0.0305. The first kappa shape index (κ1) is 13.3. The molecule has 5 nitrogen and oxygen atoms in total. The molecule has 21 heavy (non-hydrogen) atoms. The van der Waals surface area contributed by atoms with E-state index >= 15 is 0 Å². The molecule has 0 saturated heterocycles. The fourth-order valence-electron chi connectivity index (χ4n) is 1.87. The van der Waals surface area contributed by atoms with E-state index in [-0.39, 0.29) is 11.6 Å². The van der Waals surface area contributed by atoms with Gasteiger partial charge in [0.1, 0.15) is 0 Å². The monoisotopic (exact) mass is 299 g/mol. The maximum atomic E-state index is 12.3. The van der Waals surface area contributed by atoms with Crippen molar-refractivity contribution < 1.29 is 9.21 Å². The third-order valence-corrected chi connectivity index (χ3v) is 3.17. The molecule has 1 aromatic carbocycles. The van der Waals surface area contributed by atoms with Crippen LogP contribution in [0.1, 0.15) is 10.5 Å². The zero-order valence-corrected chi connectivity index (χ0v) is 11.5. The van der Waals surface area contributed by atoms with Crippen LogP contribution < -0.4 is 5.32 Å². The van der Waals surface area contributed by atoms with Gasteiger partial charge in [-0.25, -0.2) is 4.98 Å². The number of hydrogen-bond donors (Lipinski definition) is 1. The van der Waals surface area contributed by atoms with Gasteiger partial charge < -0.3 is 9.73 Å². The van der Waals surface area contributed by atoms with Crippen LogP contribution in [-0.2, 0) is 0 Å². The number of nitrogens with zero attached hydrogens (tertiary/aromatic N) is 2. The molecule has 1 amide bonds. The van der Waals surface area contributed by atoms with Crippen LogP contribution in [0.4, 0.5) is 5.69 Å². The summed E-state index contributed by atoms with van der Waals surface area (Å²) in [4.78, 5) is 20.1. The number of rotatable bonds is 3. The Bertz CT molecular complexity index is 771. The average molecular weight is 300 g/mol. The number of pyridine rings is 1. The van der Waals surface area contributed by atoms with Crippen molar-refractivity contribution in [3.05, 3.63) is 65.9 Å². The molecule has 0 fully saturated rings. The molecule has 1 N–H and O–H groups in total. The van der Waals surface area contributed by atoms with E-state index in [0.29, 0.717) is 22.0 Å². The fraction of sp³-hybridized carbons (Fsp3) is 0. The highest BCUT2D eigenvalue weighted by Crippen LogP contribution is 2.30. The number of halogens is 1. The molecule has 2 aromatic heterocycles. The smallest absolute Gasteiger partial charge is 0.278 e. The second-order valence-electron chi connectivity index (χ2n) is 4.20. The van der Waals surface area contributed by atoms with E-state index in [9.17, 15) is 4.79 Å². The number of oxazole rings is 1. The topological polar surface area (TPSA) is 68.0 Å². The number of benzene rings is 1. The van der Waals surface area contributed by atoms with Crippen LogP contribution in [0.3, 0.4) is 0 Å². The van der Waals surface area contributed by atoms with Crippen LogP contribution >= 0.6 is 11.6 Å². The minimum Gasteiger partial charge on any atom is -0.443 e. The average Bonchev–Trinajstić information content (AvgIpc) is 2.98. The number of hydrogen-bond acceptors (Lipinski definition) is 4. The maximum Gasteiger partial charge on any atom is 0.278 e. The van der Waals surface area contributed by atoms with E-state index in [0.717, 1.165) is 0 Å². The summed E-state index contributed by atoms with van der Waals surface area (Å²) in [6.45, 7) is 0. The van der Waals surface area contributed by atoms with Crippen molar-refractivity contribution in [2.45, 2.75) is 0 Å². The Morgan fingerprint density at radius 3 is 2.67 bits per heavy atom. The molecule has 0 unspecified atom stereocenters. The molecule has 0 radical (unpaired) electrons. The highest BCUT2D eigenvalue weighted by molar-refractivity contribution is 6.33. The quantitative estimate of drug-likeness (QED) is 0.801. The number of anilines is 1. The summed E-state index contributed by atoms with van der Waals surface area (Å²) in [6.07, 6.45) is 4.40. The molecule has 0 aliphatic rings. The van der Waals surface area contributed by atoms with Crippen molar-refractivity contribution in [1.82, 2.24) is 9.97 Å². The Balaban J connectivity index is 1.93. The van der Waals surface area contributed by atoms with Gasteiger partial charge in [0.05, 0.1) is 5.02 Å². The Labute approximate surface area is 125 Å². The van der Waals surface area contributed by atoms with Crippen LogP contribution in [0.25, 0.3) is 11.3 Å². The first-order valence-electron chi connectivity index (χ1n) is 6.15. The Hall–Kier alpha value is -2.66. The molecule has 104 valence electrons. The highest BCUT2D eigenvalue weighted by Gasteiger charge is 2.20. The number of carbonyl (C=O) groups is 1. The molecule has 6 heteroatoms. The van der Waals surface area contributed by atoms with Crippen LogP contribution in [-0.4, -0.2) is 15.9 Å². The van der Waals surface area contributed by atoms with Gasteiger partial charge in [0.2, 0.25) is 0 Å². The predicted molar refractivity (Wildman–Crippen MR) is 79.1 cm³/mol. The lowest BCUT2D eigenvalue weighted by Gasteiger charge is -2.05. The summed E-state index contributed by atoms with van der Waals surface area (Å²) in [6, 6.07) is 10.5. The lowest BCUT2D eigenvalue weighted by atomic mass is 10.1. The molecule has 3 rings (SSSR count). The molecule has 0 aliphatic carbocycles. The van der Waals surface area contributed by atoms with Crippen molar-refractivity contribution in [3.8, 4) is 11.3 Å². The zero-order chi connectivity index (χ0) is 14.7. The zero-order valence-electron chi connectivity index (χ0n) is 10.8. The molecule has 0 aliphatic heterocycles. The van der Waals surface area contributed by atoms with Crippen molar-refractivity contribution in [2.24, 2.45) is 0 Å². The summed E-state index contributed by atoms with van der Waals surface area (Å²) in [7, 11) is 0. The predicted octanol–water partition coefficient (Wildman–Crippen LogP) is 3.64. The van der Waals surface area contributed by atoms with E-state index in [1.165, 1.54) is 6.39 Å². The van der Waals surface area contributed by atoms with E-state index in [1.54, 1.807) is 42.7 Å². The third kappa shape index (κ3) is 2.78. The fourth-order valence-corrected chi connectivity index (χ4v) is 2.09. The SMILES string of the molecule is O=C(Nc1ccncc1)c1ncoc1-c1ccccc1Cl. The van der Waals surface area contributed by atoms with Crippen LogP contribution in [0.15, 0.2) is 59.6 Å². The van der Waals surface area contributed by atoms with E-state index in [1.807, 2.05) is 6.07 Å². The molecule has 0 bridgehead atoms. The minimum atomic E-state index is -0.370. The van der Waals surface area contributed by atoms with Crippen molar-refractivity contribution in [1.29, 1.82) is 0 Å². The van der Waals surface area contributed by atoms with Crippen molar-refractivity contribution in [3.63, 3.8) is 0 Å². The lowest BCUT2D eigenvalue weighted by molar-refractivity contribution is 0.102. The molecule has 3 aromatic rings. The van der Waals surface area contributed by atoms with Crippen LogP contribution in [0, 0.1) is 0 Å². The number of carbonyl (C=O) groups excluding carboxylic acids is 1. The molecule has 0 saturated carbocycles. The first-order valence-corrected chi connectivity index (χ1v) is 6.53. The van der Waals surface area contributed by atoms with Crippen LogP contribution in [0.2, 0.25) is 5.02 Å². The maximum absolute atomic E-state index is 12.3. The summed E-state index contributed by atoms with van der Waals surface area (Å²) >= 11 is 6.12. The molecular weight excluding hydrogens is 290 g/mol. The number of nitrogens with one attached hydrogen (secondary N) is 1. The lowest BCUT2D eigenvalue weighted by Crippen LogP contribution is -2.13. The molecule has 0 atom stereocenters. The molecular formula is C15H10ClN3O2. The second kappa shape index (κ2) is 5.76. The molecule has 2 heterocycles. The first-order chi connectivity index (χ1) is 10.3. The minimum absolute atomic E-state index is 0.180. The van der Waals surface area contributed by atoms with Gasteiger partial charge in [-0.2, -0.15) is 0 Å². The van der Waals surface area contributed by atoms with Gasteiger partial charge in [0.15, 0.2) is 17.8 Å². The second-order valence-corrected chi connectivity index (χ2v) is 4.61. The van der Waals surface area contributed by atoms with E-state index in [4.69, 9.17) is 16.0 Å². The summed E-state index contributed by atoms with van der Waals surface area (Å²) in [5.41, 5.74) is 1.43. The van der Waals surface area contributed by atoms with Gasteiger partial charge in [-0.3, -0.25) is 9.78 Å². The molecule has 0 spiro atoms. The van der Waals surface area contributed by atoms with Gasteiger partial charge >= 0.3 is 0 Å².